The molecule has 1 unspecified atom stereocenters. The Morgan fingerprint density at radius 2 is 1.96 bits per heavy atom. The van der Waals surface area contributed by atoms with Gasteiger partial charge >= 0.3 is 0 Å². The molecule has 2 heterocycles. The molecule has 0 bridgehead atoms. The second kappa shape index (κ2) is 9.50. The van der Waals surface area contributed by atoms with Crippen molar-refractivity contribution in [2.75, 3.05) is 51.2 Å². The molecule has 8 heteroatoms. The number of hydrogen-bond donors (Lipinski definition) is 2. The van der Waals surface area contributed by atoms with Crippen molar-refractivity contribution in [2.24, 2.45) is 0 Å². The molecule has 146 valence electrons. The molecule has 1 aliphatic heterocycles. The lowest BCUT2D eigenvalue weighted by Crippen LogP contribution is -2.50. The van der Waals surface area contributed by atoms with Crippen molar-refractivity contribution in [3.05, 3.63) is 42.2 Å². The molecule has 1 atom stereocenters. The van der Waals surface area contributed by atoms with Crippen molar-refractivity contribution in [3.8, 4) is 5.75 Å². The van der Waals surface area contributed by atoms with Crippen LogP contribution in [0.4, 0.5) is 5.82 Å². The minimum Gasteiger partial charge on any atom is -0.491 e. The number of carbonyl (C=O) groups excluding carboxylic acids is 1. The van der Waals surface area contributed by atoms with Gasteiger partial charge in [0, 0.05) is 38.8 Å². The van der Waals surface area contributed by atoms with Gasteiger partial charge in [-0.1, -0.05) is 23.4 Å². The normalized spacial score (nSPS) is 16.8. The lowest BCUT2D eigenvalue weighted by atomic mass is 10.2. The van der Waals surface area contributed by atoms with Gasteiger partial charge in [-0.3, -0.25) is 14.6 Å². The summed E-state index contributed by atoms with van der Waals surface area (Å²) in [6, 6.07) is 11.2. The van der Waals surface area contributed by atoms with Crippen LogP contribution in [-0.4, -0.2) is 77.9 Å². The van der Waals surface area contributed by atoms with Crippen LogP contribution in [0.1, 0.15) is 5.76 Å². The number of nitrogens with one attached hydrogen (secondary N) is 1. The van der Waals surface area contributed by atoms with Gasteiger partial charge in [0.05, 0.1) is 6.54 Å². The highest BCUT2D eigenvalue weighted by atomic mass is 16.5. The summed E-state index contributed by atoms with van der Waals surface area (Å²) in [5, 5.41) is 16.7. The number of hydrogen-bond acceptors (Lipinski definition) is 7. The second-order valence-electron chi connectivity index (χ2n) is 6.73. The summed E-state index contributed by atoms with van der Waals surface area (Å²) in [6.07, 6.45) is -0.546. The first-order valence-corrected chi connectivity index (χ1v) is 9.12. The van der Waals surface area contributed by atoms with Crippen molar-refractivity contribution in [1.82, 2.24) is 15.0 Å². The number of anilines is 1. The first kappa shape index (κ1) is 19.3. The minimum absolute atomic E-state index is 0.104. The van der Waals surface area contributed by atoms with Crippen LogP contribution in [0.25, 0.3) is 0 Å². The minimum atomic E-state index is -0.546. The van der Waals surface area contributed by atoms with Crippen LogP contribution in [-0.2, 0) is 4.79 Å². The molecule has 1 amide bonds. The molecule has 0 aliphatic carbocycles. The zero-order valence-electron chi connectivity index (χ0n) is 15.5. The molecular weight excluding hydrogens is 348 g/mol. The highest BCUT2D eigenvalue weighted by molar-refractivity contribution is 5.91. The van der Waals surface area contributed by atoms with E-state index in [0.29, 0.717) is 24.7 Å². The third kappa shape index (κ3) is 6.35. The summed E-state index contributed by atoms with van der Waals surface area (Å²) < 4.78 is 10.5. The zero-order chi connectivity index (χ0) is 19.1. The largest absolute Gasteiger partial charge is 0.491 e. The summed E-state index contributed by atoms with van der Waals surface area (Å²) >= 11 is 0. The van der Waals surface area contributed by atoms with Gasteiger partial charge in [0.15, 0.2) is 5.82 Å². The van der Waals surface area contributed by atoms with Gasteiger partial charge in [-0.15, -0.1) is 0 Å². The average Bonchev–Trinajstić information content (AvgIpc) is 3.07. The first-order chi connectivity index (χ1) is 13.1. The Labute approximate surface area is 158 Å². The Morgan fingerprint density at radius 3 is 2.63 bits per heavy atom. The van der Waals surface area contributed by atoms with E-state index in [0.717, 1.165) is 31.9 Å². The number of aliphatic hydroxyl groups excluding tert-OH is 1. The number of benzene rings is 1. The lowest BCUT2D eigenvalue weighted by molar-refractivity contribution is -0.117. The van der Waals surface area contributed by atoms with E-state index in [-0.39, 0.29) is 12.5 Å². The highest BCUT2D eigenvalue weighted by Crippen LogP contribution is 2.10. The van der Waals surface area contributed by atoms with E-state index in [1.165, 1.54) is 0 Å². The average molecular weight is 374 g/mol. The monoisotopic (exact) mass is 374 g/mol. The molecule has 2 aromatic rings. The molecule has 0 spiro atoms. The first-order valence-electron chi connectivity index (χ1n) is 9.12. The van der Waals surface area contributed by atoms with Crippen molar-refractivity contribution in [2.45, 2.75) is 13.0 Å². The quantitative estimate of drug-likeness (QED) is 0.712. The summed E-state index contributed by atoms with van der Waals surface area (Å²) in [5.41, 5.74) is 0. The number of para-hydroxylation sites is 1. The van der Waals surface area contributed by atoms with Gasteiger partial charge in [0.25, 0.3) is 0 Å². The number of carbonyl (C=O) groups is 1. The maximum atomic E-state index is 12.1. The smallest absolute Gasteiger partial charge is 0.239 e. The molecule has 3 rings (SSSR count). The second-order valence-corrected chi connectivity index (χ2v) is 6.73. The summed E-state index contributed by atoms with van der Waals surface area (Å²) in [6.45, 7) is 6.09. The van der Waals surface area contributed by atoms with Crippen LogP contribution in [0.2, 0.25) is 0 Å². The highest BCUT2D eigenvalue weighted by Gasteiger charge is 2.21. The van der Waals surface area contributed by atoms with E-state index in [1.807, 2.05) is 30.3 Å². The molecular formula is C19H26N4O4. The van der Waals surface area contributed by atoms with E-state index in [4.69, 9.17) is 9.26 Å². The summed E-state index contributed by atoms with van der Waals surface area (Å²) in [7, 11) is 0. The zero-order valence-corrected chi connectivity index (χ0v) is 15.5. The third-order valence-corrected chi connectivity index (χ3v) is 4.38. The van der Waals surface area contributed by atoms with Crippen LogP contribution in [0, 0.1) is 6.92 Å². The molecule has 1 saturated heterocycles. The number of piperazine rings is 1. The standard InChI is InChI=1S/C19H26N4O4/c1-15-11-18(21-27-15)20-19(25)13-23-9-7-22(8-10-23)12-16(24)14-26-17-5-3-2-4-6-17/h2-6,11,16,24H,7-10,12-14H2,1H3,(H,20,21,25). The topological polar surface area (TPSA) is 91.1 Å². The number of aryl methyl sites for hydroxylation is 1. The predicted octanol–water partition coefficient (Wildman–Crippen LogP) is 0.979. The van der Waals surface area contributed by atoms with Gasteiger partial charge in [-0.25, -0.2) is 0 Å². The van der Waals surface area contributed by atoms with E-state index in [2.05, 4.69) is 20.3 Å². The molecule has 1 fully saturated rings. The SMILES string of the molecule is Cc1cc(NC(=O)CN2CCN(CC(O)COc3ccccc3)CC2)no1. The number of β-amino-alcohol motifs (C(OH)–C–C–N with tert-alkyl or cyclic N) is 1. The molecule has 2 N–H and O–H groups in total. The van der Waals surface area contributed by atoms with E-state index < -0.39 is 6.10 Å². The van der Waals surface area contributed by atoms with E-state index in [9.17, 15) is 9.90 Å². The van der Waals surface area contributed by atoms with Crippen molar-refractivity contribution in [3.63, 3.8) is 0 Å². The fraction of sp³-hybridized carbons (Fsp3) is 0.474. The summed E-state index contributed by atoms with van der Waals surface area (Å²) in [5.74, 6) is 1.76. The number of nitrogens with zero attached hydrogens (tertiary/aromatic N) is 3. The van der Waals surface area contributed by atoms with E-state index in [1.54, 1.807) is 13.0 Å². The molecule has 8 nitrogen and oxygen atoms in total. The fourth-order valence-corrected chi connectivity index (χ4v) is 3.00. The molecule has 1 aromatic heterocycles. The van der Waals surface area contributed by atoms with Gasteiger partial charge in [-0.2, -0.15) is 0 Å². The molecule has 0 saturated carbocycles. The summed E-state index contributed by atoms with van der Waals surface area (Å²) in [4.78, 5) is 16.3. The van der Waals surface area contributed by atoms with E-state index >= 15 is 0 Å². The maximum absolute atomic E-state index is 12.1. The Kier molecular flexibility index (Phi) is 6.80. The number of aromatic nitrogens is 1. The fourth-order valence-electron chi connectivity index (χ4n) is 3.00. The number of ether oxygens (including phenoxy) is 1. The van der Waals surface area contributed by atoms with Crippen molar-refractivity contribution in [1.29, 1.82) is 0 Å². The van der Waals surface area contributed by atoms with Crippen molar-refractivity contribution >= 4 is 11.7 Å². The maximum Gasteiger partial charge on any atom is 0.239 e. The van der Waals surface area contributed by atoms with Crippen LogP contribution in [0.3, 0.4) is 0 Å². The van der Waals surface area contributed by atoms with Gasteiger partial charge in [-0.05, 0) is 19.1 Å². The van der Waals surface area contributed by atoms with Gasteiger partial charge in [0.2, 0.25) is 5.91 Å². The molecule has 1 aromatic carbocycles. The predicted molar refractivity (Wildman–Crippen MR) is 101 cm³/mol. The molecule has 0 radical (unpaired) electrons. The third-order valence-electron chi connectivity index (χ3n) is 4.38. The van der Waals surface area contributed by atoms with Gasteiger partial charge in [0.1, 0.15) is 24.2 Å². The Hall–Kier alpha value is -2.42. The number of amides is 1. The van der Waals surface area contributed by atoms with Crippen molar-refractivity contribution < 1.29 is 19.2 Å². The van der Waals surface area contributed by atoms with Crippen LogP contribution in [0.15, 0.2) is 40.9 Å². The number of aliphatic hydroxyl groups is 1. The molecule has 27 heavy (non-hydrogen) atoms. The van der Waals surface area contributed by atoms with Gasteiger partial charge < -0.3 is 19.7 Å². The lowest BCUT2D eigenvalue weighted by Gasteiger charge is -2.35. The Balaban J connectivity index is 1.33. The molecule has 1 aliphatic rings. The van der Waals surface area contributed by atoms with Crippen LogP contribution >= 0.6 is 0 Å². The Bertz CT molecular complexity index is 714. The number of rotatable bonds is 8. The van der Waals surface area contributed by atoms with Crippen LogP contribution in [0.5, 0.6) is 5.75 Å². The Morgan fingerprint density at radius 1 is 1.26 bits per heavy atom. The van der Waals surface area contributed by atoms with Crippen LogP contribution < -0.4 is 10.1 Å².